The number of aromatic hydroxyl groups is 1. The summed E-state index contributed by atoms with van der Waals surface area (Å²) < 4.78 is 1.67. The van der Waals surface area contributed by atoms with Gasteiger partial charge >= 0.3 is 0 Å². The van der Waals surface area contributed by atoms with Gasteiger partial charge in [-0.05, 0) is 24.0 Å². The molecule has 5 nitrogen and oxygen atoms in total. The Morgan fingerprint density at radius 2 is 2.00 bits per heavy atom. The molecule has 0 bridgehead atoms. The Labute approximate surface area is 130 Å². The van der Waals surface area contributed by atoms with Gasteiger partial charge in [0, 0.05) is 6.42 Å². The molecule has 0 saturated carbocycles. The number of nitrogens with zero attached hydrogens (tertiary/aromatic N) is 4. The summed E-state index contributed by atoms with van der Waals surface area (Å²) in [6.07, 6.45) is 4.23. The van der Waals surface area contributed by atoms with E-state index in [4.69, 9.17) is 23.2 Å². The van der Waals surface area contributed by atoms with Crippen LogP contribution in [-0.4, -0.2) is 32.5 Å². The molecule has 1 aromatic carbocycles. The normalized spacial score (nSPS) is 11.4. The van der Waals surface area contributed by atoms with Gasteiger partial charge in [-0.2, -0.15) is 9.78 Å². The highest BCUT2D eigenvalue weighted by Crippen LogP contribution is 2.32. The van der Waals surface area contributed by atoms with Gasteiger partial charge in [-0.1, -0.05) is 41.9 Å². The number of hydrogen-bond acceptors (Lipinski definition) is 5. The molecule has 1 heterocycles. The van der Waals surface area contributed by atoms with Crippen molar-refractivity contribution in [1.29, 1.82) is 0 Å². The summed E-state index contributed by atoms with van der Waals surface area (Å²) in [6, 6.07) is 3.17. The largest absolute Gasteiger partial charge is 0.505 e. The predicted octanol–water partition coefficient (Wildman–Crippen LogP) is 3.46. The molecule has 0 atom stereocenters. The van der Waals surface area contributed by atoms with E-state index in [0.717, 1.165) is 12.2 Å². The minimum atomic E-state index is -0.131. The maximum absolute atomic E-state index is 9.51. The summed E-state index contributed by atoms with van der Waals surface area (Å²) in [5, 5.41) is 23.0. The van der Waals surface area contributed by atoms with Crippen molar-refractivity contribution in [2.24, 2.45) is 5.10 Å². The molecule has 0 aliphatic carbocycles. The number of aromatic nitrogens is 3. The third-order valence-electron chi connectivity index (χ3n) is 2.54. The molecule has 0 aliphatic rings. The van der Waals surface area contributed by atoms with E-state index in [1.54, 1.807) is 23.0 Å². The summed E-state index contributed by atoms with van der Waals surface area (Å²) in [5.74, 6) is 0.635. The van der Waals surface area contributed by atoms with E-state index in [-0.39, 0.29) is 15.8 Å². The van der Waals surface area contributed by atoms with Crippen molar-refractivity contribution in [3.05, 3.63) is 33.6 Å². The Hall–Kier alpha value is -1.24. The molecule has 2 aromatic rings. The van der Waals surface area contributed by atoms with E-state index in [9.17, 15) is 5.11 Å². The first-order chi connectivity index (χ1) is 9.56. The third-order valence-corrected chi connectivity index (χ3v) is 3.73. The second-order valence-electron chi connectivity index (χ2n) is 3.85. The molecule has 8 heteroatoms. The standard InChI is InChI=1S/C12H12Cl2N4OS/c1-3-10-16-17-12(20-2)18(10)15-6-7-4-8(13)11(19)9(14)5-7/h4-6,19H,3H2,1-2H3/b15-6-. The third kappa shape index (κ3) is 3.08. The number of hydrogen-bond donors (Lipinski definition) is 1. The Morgan fingerprint density at radius 3 is 2.55 bits per heavy atom. The predicted molar refractivity (Wildman–Crippen MR) is 82.3 cm³/mol. The van der Waals surface area contributed by atoms with Crippen LogP contribution in [0.3, 0.4) is 0 Å². The van der Waals surface area contributed by atoms with E-state index in [1.165, 1.54) is 11.8 Å². The van der Waals surface area contributed by atoms with Crippen LogP contribution < -0.4 is 0 Å². The molecule has 0 saturated heterocycles. The SMILES string of the molecule is CCc1nnc(SC)n1/N=C\c1cc(Cl)c(O)c(Cl)c1. The van der Waals surface area contributed by atoms with Crippen molar-refractivity contribution in [3.8, 4) is 5.75 Å². The van der Waals surface area contributed by atoms with Gasteiger partial charge in [0.1, 0.15) is 0 Å². The van der Waals surface area contributed by atoms with Crippen molar-refractivity contribution >= 4 is 41.2 Å². The van der Waals surface area contributed by atoms with Crippen molar-refractivity contribution in [2.75, 3.05) is 6.26 Å². The zero-order valence-corrected chi connectivity index (χ0v) is 13.2. The van der Waals surface area contributed by atoms with E-state index in [0.29, 0.717) is 10.7 Å². The zero-order chi connectivity index (χ0) is 14.7. The van der Waals surface area contributed by atoms with Gasteiger partial charge in [0.15, 0.2) is 11.6 Å². The molecule has 0 fully saturated rings. The number of thioether (sulfide) groups is 1. The van der Waals surface area contributed by atoms with Crippen molar-refractivity contribution in [2.45, 2.75) is 18.5 Å². The first kappa shape index (κ1) is 15.2. The van der Waals surface area contributed by atoms with Crippen molar-refractivity contribution in [3.63, 3.8) is 0 Å². The fraction of sp³-hybridized carbons (Fsp3) is 0.250. The second-order valence-corrected chi connectivity index (χ2v) is 5.43. The van der Waals surface area contributed by atoms with Crippen LogP contribution >= 0.6 is 35.0 Å². The first-order valence-electron chi connectivity index (χ1n) is 5.77. The summed E-state index contributed by atoms with van der Waals surface area (Å²) in [6.45, 7) is 1.98. The lowest BCUT2D eigenvalue weighted by atomic mass is 10.2. The Kier molecular flexibility index (Phi) is 4.91. The average Bonchev–Trinajstić information content (AvgIpc) is 2.84. The van der Waals surface area contributed by atoms with Crippen LogP contribution in [0.1, 0.15) is 18.3 Å². The van der Waals surface area contributed by atoms with Gasteiger partial charge in [-0.15, -0.1) is 10.2 Å². The smallest absolute Gasteiger partial charge is 0.211 e. The Bertz CT molecular complexity index is 612. The lowest BCUT2D eigenvalue weighted by Gasteiger charge is -2.03. The van der Waals surface area contributed by atoms with Gasteiger partial charge < -0.3 is 5.11 Å². The summed E-state index contributed by atoms with van der Waals surface area (Å²) in [4.78, 5) is 0. The van der Waals surface area contributed by atoms with Crippen molar-refractivity contribution < 1.29 is 5.11 Å². The number of rotatable bonds is 4. The first-order valence-corrected chi connectivity index (χ1v) is 7.75. The number of phenolic OH excluding ortho intramolecular Hbond substituents is 1. The molecule has 0 radical (unpaired) electrons. The second kappa shape index (κ2) is 6.47. The Balaban J connectivity index is 2.36. The van der Waals surface area contributed by atoms with Crippen LogP contribution in [0.2, 0.25) is 10.0 Å². The number of aryl methyl sites for hydroxylation is 1. The fourth-order valence-corrected chi connectivity index (χ4v) is 2.50. The number of halogens is 2. The van der Waals surface area contributed by atoms with E-state index < -0.39 is 0 Å². The number of phenols is 1. The topological polar surface area (TPSA) is 63.3 Å². The summed E-state index contributed by atoms with van der Waals surface area (Å²) in [7, 11) is 0. The van der Waals surface area contributed by atoms with Crippen LogP contribution in [0.15, 0.2) is 22.4 Å². The molecular formula is C12H12Cl2N4OS. The van der Waals surface area contributed by atoms with Crippen LogP contribution in [0.5, 0.6) is 5.75 Å². The van der Waals surface area contributed by atoms with Crippen LogP contribution in [-0.2, 0) is 6.42 Å². The van der Waals surface area contributed by atoms with E-state index in [1.807, 2.05) is 13.2 Å². The minimum absolute atomic E-state index is 0.131. The molecule has 1 aromatic heterocycles. The molecule has 106 valence electrons. The average molecular weight is 331 g/mol. The lowest BCUT2D eigenvalue weighted by Crippen LogP contribution is -1.98. The molecule has 2 rings (SSSR count). The van der Waals surface area contributed by atoms with Crippen LogP contribution in [0.4, 0.5) is 0 Å². The van der Waals surface area contributed by atoms with Gasteiger partial charge in [0.2, 0.25) is 5.16 Å². The highest BCUT2D eigenvalue weighted by Gasteiger charge is 2.09. The lowest BCUT2D eigenvalue weighted by molar-refractivity contribution is 0.476. The zero-order valence-electron chi connectivity index (χ0n) is 10.8. The Morgan fingerprint density at radius 1 is 1.35 bits per heavy atom. The maximum Gasteiger partial charge on any atom is 0.211 e. The van der Waals surface area contributed by atoms with E-state index in [2.05, 4.69) is 15.3 Å². The van der Waals surface area contributed by atoms with E-state index >= 15 is 0 Å². The highest BCUT2D eigenvalue weighted by molar-refractivity contribution is 7.98. The van der Waals surface area contributed by atoms with Gasteiger partial charge in [0.25, 0.3) is 0 Å². The minimum Gasteiger partial charge on any atom is -0.505 e. The number of benzene rings is 1. The molecule has 0 amide bonds. The summed E-state index contributed by atoms with van der Waals surface area (Å²) in [5.41, 5.74) is 0.681. The molecular weight excluding hydrogens is 319 g/mol. The molecule has 0 unspecified atom stereocenters. The van der Waals surface area contributed by atoms with Gasteiger partial charge in [-0.3, -0.25) is 0 Å². The van der Waals surface area contributed by atoms with Gasteiger partial charge in [-0.25, -0.2) is 0 Å². The maximum atomic E-state index is 9.51. The fourth-order valence-electron chi connectivity index (χ4n) is 1.54. The van der Waals surface area contributed by atoms with Gasteiger partial charge in [0.05, 0.1) is 16.3 Å². The molecule has 20 heavy (non-hydrogen) atoms. The molecule has 0 spiro atoms. The highest BCUT2D eigenvalue weighted by atomic mass is 35.5. The summed E-state index contributed by atoms with van der Waals surface area (Å²) >= 11 is 13.2. The molecule has 1 N–H and O–H groups in total. The quantitative estimate of drug-likeness (QED) is 0.688. The monoisotopic (exact) mass is 330 g/mol. The van der Waals surface area contributed by atoms with Crippen LogP contribution in [0, 0.1) is 0 Å². The van der Waals surface area contributed by atoms with Crippen molar-refractivity contribution in [1.82, 2.24) is 14.9 Å². The van der Waals surface area contributed by atoms with Crippen LogP contribution in [0.25, 0.3) is 0 Å². The molecule has 0 aliphatic heterocycles.